The van der Waals surface area contributed by atoms with Crippen LogP contribution in [0.1, 0.15) is 19.3 Å². The number of anilines is 2. The monoisotopic (exact) mass is 320 g/mol. The maximum absolute atomic E-state index is 4.49. The summed E-state index contributed by atoms with van der Waals surface area (Å²) in [6.45, 7) is 0.964. The van der Waals surface area contributed by atoms with Gasteiger partial charge in [-0.05, 0) is 24.8 Å². The Hall–Kier alpha value is -3.03. The van der Waals surface area contributed by atoms with Gasteiger partial charge in [-0.2, -0.15) is 10.2 Å². The van der Waals surface area contributed by atoms with Crippen molar-refractivity contribution in [3.63, 3.8) is 0 Å². The molecular formula is C16H16N8. The van der Waals surface area contributed by atoms with Crippen LogP contribution in [-0.4, -0.2) is 34.9 Å². The number of pyridine rings is 1. The average molecular weight is 320 g/mol. The Bertz CT molecular complexity index is 1010. The highest BCUT2D eigenvalue weighted by Crippen LogP contribution is 2.29. The summed E-state index contributed by atoms with van der Waals surface area (Å²) in [6, 6.07) is 2.06. The van der Waals surface area contributed by atoms with Crippen molar-refractivity contribution in [2.24, 2.45) is 5.92 Å². The second-order valence-electron chi connectivity index (χ2n) is 6.20. The summed E-state index contributed by atoms with van der Waals surface area (Å²) in [4.78, 5) is 13.0. The molecule has 0 spiro atoms. The van der Waals surface area contributed by atoms with Gasteiger partial charge in [-0.15, -0.1) is 0 Å². The van der Waals surface area contributed by atoms with Gasteiger partial charge in [-0.25, -0.2) is 9.97 Å². The van der Waals surface area contributed by atoms with E-state index in [-0.39, 0.29) is 0 Å². The zero-order valence-electron chi connectivity index (χ0n) is 13.0. The molecule has 4 aromatic rings. The molecule has 0 saturated heterocycles. The summed E-state index contributed by atoms with van der Waals surface area (Å²) in [5, 5.41) is 14.9. The van der Waals surface area contributed by atoms with E-state index in [1.54, 1.807) is 18.6 Å². The number of hydrogen-bond donors (Lipinski definition) is 2. The van der Waals surface area contributed by atoms with E-state index in [1.165, 1.54) is 19.3 Å². The molecule has 0 amide bonds. The quantitative estimate of drug-likeness (QED) is 0.600. The van der Waals surface area contributed by atoms with E-state index in [0.717, 1.165) is 29.2 Å². The Labute approximate surface area is 137 Å². The summed E-state index contributed by atoms with van der Waals surface area (Å²) in [7, 11) is 0. The molecule has 0 radical (unpaired) electrons. The predicted octanol–water partition coefficient (Wildman–Crippen LogP) is 2.64. The van der Waals surface area contributed by atoms with Crippen LogP contribution in [0.25, 0.3) is 22.2 Å². The van der Waals surface area contributed by atoms with Gasteiger partial charge < -0.3 is 5.32 Å². The molecule has 1 aliphatic carbocycles. The third-order valence-corrected chi connectivity index (χ3v) is 4.61. The molecule has 0 unspecified atom stereocenters. The van der Waals surface area contributed by atoms with E-state index >= 15 is 0 Å². The fraction of sp³-hybridized carbons (Fsp3) is 0.312. The molecule has 2 N–H and O–H groups in total. The first-order chi connectivity index (χ1) is 11.9. The number of nitrogens with zero attached hydrogens (tertiary/aromatic N) is 6. The highest BCUT2D eigenvalue weighted by atomic mass is 15.3. The van der Waals surface area contributed by atoms with Crippen LogP contribution in [0.3, 0.4) is 0 Å². The topological polar surface area (TPSA) is 97.2 Å². The van der Waals surface area contributed by atoms with Gasteiger partial charge in [0.1, 0.15) is 5.52 Å². The molecule has 1 saturated carbocycles. The Morgan fingerprint density at radius 3 is 2.96 bits per heavy atom. The van der Waals surface area contributed by atoms with E-state index < -0.39 is 0 Å². The van der Waals surface area contributed by atoms with Gasteiger partial charge in [0.25, 0.3) is 0 Å². The molecule has 8 heteroatoms. The summed E-state index contributed by atoms with van der Waals surface area (Å²) in [5.41, 5.74) is 4.17. The van der Waals surface area contributed by atoms with Crippen molar-refractivity contribution in [3.8, 4) is 0 Å². The normalized spacial score (nSPS) is 15.0. The lowest BCUT2D eigenvalue weighted by atomic mass is 9.85. The van der Waals surface area contributed by atoms with Crippen molar-refractivity contribution < 1.29 is 0 Å². The molecule has 4 aromatic heterocycles. The average Bonchev–Trinajstić information content (AvgIpc) is 3.16. The van der Waals surface area contributed by atoms with Crippen molar-refractivity contribution in [1.29, 1.82) is 0 Å². The zero-order valence-corrected chi connectivity index (χ0v) is 13.0. The van der Waals surface area contributed by atoms with Crippen LogP contribution in [0.4, 0.5) is 11.5 Å². The van der Waals surface area contributed by atoms with Gasteiger partial charge >= 0.3 is 0 Å². The lowest BCUT2D eigenvalue weighted by Crippen LogP contribution is -2.18. The van der Waals surface area contributed by atoms with Crippen LogP contribution < -0.4 is 5.32 Å². The van der Waals surface area contributed by atoms with Crippen LogP contribution in [0.15, 0.2) is 30.9 Å². The van der Waals surface area contributed by atoms with E-state index in [1.807, 2.05) is 6.20 Å². The molecule has 1 aliphatic rings. The molecule has 24 heavy (non-hydrogen) atoms. The molecule has 0 aromatic carbocycles. The fourth-order valence-electron chi connectivity index (χ4n) is 3.07. The third kappa shape index (κ3) is 2.18. The predicted molar refractivity (Wildman–Crippen MR) is 89.8 cm³/mol. The third-order valence-electron chi connectivity index (χ3n) is 4.61. The van der Waals surface area contributed by atoms with Crippen LogP contribution >= 0.6 is 0 Å². The minimum absolute atomic E-state index is 0.643. The minimum Gasteiger partial charge on any atom is -0.336 e. The number of H-pyrrole nitrogens is 1. The number of hydrogen-bond acceptors (Lipinski definition) is 6. The summed E-state index contributed by atoms with van der Waals surface area (Å²) in [5.74, 6) is 1.39. The number of rotatable bonds is 4. The smallest absolute Gasteiger partial charge is 0.180 e. The zero-order chi connectivity index (χ0) is 15.9. The first-order valence-electron chi connectivity index (χ1n) is 8.10. The van der Waals surface area contributed by atoms with Gasteiger partial charge in [0, 0.05) is 18.9 Å². The van der Waals surface area contributed by atoms with Crippen LogP contribution in [-0.2, 0) is 6.54 Å². The summed E-state index contributed by atoms with van der Waals surface area (Å²) >= 11 is 0. The Balaban J connectivity index is 1.49. The standard InChI is InChI=1S/C16H16N8/c1-2-10(3-1)9-24-13-6-11(7-19-12(13)8-20-24)21-16-14-15(22-23-16)18-5-4-17-14/h4-8,10H,1-3,9H2,(H2,18,21,22,23). The van der Waals surface area contributed by atoms with Crippen molar-refractivity contribution >= 4 is 33.7 Å². The highest BCUT2D eigenvalue weighted by molar-refractivity contribution is 5.86. The Kier molecular flexibility index (Phi) is 2.94. The van der Waals surface area contributed by atoms with Crippen molar-refractivity contribution in [1.82, 2.24) is 34.9 Å². The number of nitrogens with one attached hydrogen (secondary N) is 2. The number of aromatic nitrogens is 7. The van der Waals surface area contributed by atoms with Gasteiger partial charge in [-0.1, -0.05) is 6.42 Å². The van der Waals surface area contributed by atoms with Crippen LogP contribution in [0.5, 0.6) is 0 Å². The van der Waals surface area contributed by atoms with E-state index in [9.17, 15) is 0 Å². The molecule has 8 nitrogen and oxygen atoms in total. The maximum atomic E-state index is 4.49. The van der Waals surface area contributed by atoms with Crippen LogP contribution in [0.2, 0.25) is 0 Å². The maximum Gasteiger partial charge on any atom is 0.180 e. The van der Waals surface area contributed by atoms with E-state index in [0.29, 0.717) is 17.0 Å². The molecular weight excluding hydrogens is 304 g/mol. The molecule has 0 aliphatic heterocycles. The second kappa shape index (κ2) is 5.26. The summed E-state index contributed by atoms with van der Waals surface area (Å²) < 4.78 is 2.06. The molecule has 0 bridgehead atoms. The molecule has 120 valence electrons. The number of aromatic amines is 1. The first kappa shape index (κ1) is 13.4. The van der Waals surface area contributed by atoms with Gasteiger partial charge in [0.05, 0.1) is 23.6 Å². The van der Waals surface area contributed by atoms with Gasteiger partial charge in [0.15, 0.2) is 17.0 Å². The molecule has 1 fully saturated rings. The van der Waals surface area contributed by atoms with Crippen molar-refractivity contribution in [2.45, 2.75) is 25.8 Å². The van der Waals surface area contributed by atoms with Gasteiger partial charge in [-0.3, -0.25) is 14.8 Å². The number of fused-ring (bicyclic) bond motifs is 2. The minimum atomic E-state index is 0.643. The SMILES string of the molecule is c1cnc2c(Nc3cnc4cnn(CC5CCC5)c4c3)n[nH]c2n1. The first-order valence-corrected chi connectivity index (χ1v) is 8.10. The highest BCUT2D eigenvalue weighted by Gasteiger charge is 2.19. The summed E-state index contributed by atoms with van der Waals surface area (Å²) in [6.07, 6.45) is 10.8. The Morgan fingerprint density at radius 1 is 1.17 bits per heavy atom. The Morgan fingerprint density at radius 2 is 2.08 bits per heavy atom. The van der Waals surface area contributed by atoms with E-state index in [2.05, 4.69) is 46.3 Å². The largest absolute Gasteiger partial charge is 0.336 e. The van der Waals surface area contributed by atoms with Gasteiger partial charge in [0.2, 0.25) is 0 Å². The van der Waals surface area contributed by atoms with Crippen LogP contribution in [0, 0.1) is 5.92 Å². The van der Waals surface area contributed by atoms with Crippen molar-refractivity contribution in [3.05, 3.63) is 30.9 Å². The van der Waals surface area contributed by atoms with Crippen molar-refractivity contribution in [2.75, 3.05) is 5.32 Å². The van der Waals surface area contributed by atoms with E-state index in [4.69, 9.17) is 0 Å². The second-order valence-corrected chi connectivity index (χ2v) is 6.20. The molecule has 5 rings (SSSR count). The lowest BCUT2D eigenvalue weighted by molar-refractivity contribution is 0.270. The lowest BCUT2D eigenvalue weighted by Gasteiger charge is -2.25. The molecule has 0 atom stereocenters. The fourth-order valence-corrected chi connectivity index (χ4v) is 3.07. The molecule has 4 heterocycles.